The molecule has 1 N–H and O–H groups in total. The van der Waals surface area contributed by atoms with Crippen LogP contribution in [0.1, 0.15) is 25.7 Å². The molecule has 2 rings (SSSR count). The Morgan fingerprint density at radius 3 is 2.74 bits per heavy atom. The summed E-state index contributed by atoms with van der Waals surface area (Å²) in [6.07, 6.45) is 4.40. The molecule has 0 radical (unpaired) electrons. The van der Waals surface area contributed by atoms with Crippen LogP contribution in [0.25, 0.3) is 0 Å². The fraction of sp³-hybridized carbons (Fsp3) is 0.833. The standard InChI is InChI=1S/C12H21N3O2S2/c16-7-3-1-2-4-10-18-12-14-13-11(19-12)15-5-8-17-9-6-15/h16H,1-10H2. The summed E-state index contributed by atoms with van der Waals surface area (Å²) in [7, 11) is 0. The van der Waals surface area contributed by atoms with Gasteiger partial charge in [-0.15, -0.1) is 10.2 Å². The van der Waals surface area contributed by atoms with Crippen LogP contribution in [0, 0.1) is 0 Å². The molecule has 0 amide bonds. The minimum atomic E-state index is 0.312. The topological polar surface area (TPSA) is 58.5 Å². The first-order valence-electron chi connectivity index (χ1n) is 6.80. The Bertz CT molecular complexity index is 356. The third kappa shape index (κ3) is 5.25. The van der Waals surface area contributed by atoms with Crippen molar-refractivity contribution >= 4 is 28.2 Å². The molecule has 0 bridgehead atoms. The number of anilines is 1. The van der Waals surface area contributed by atoms with Gasteiger partial charge in [-0.2, -0.15) is 0 Å². The van der Waals surface area contributed by atoms with Crippen LogP contribution in [0.15, 0.2) is 4.34 Å². The summed E-state index contributed by atoms with van der Waals surface area (Å²) in [5, 5.41) is 18.2. The first-order valence-corrected chi connectivity index (χ1v) is 8.60. The Kier molecular flexibility index (Phi) is 6.91. The van der Waals surface area contributed by atoms with E-state index < -0.39 is 0 Å². The summed E-state index contributed by atoms with van der Waals surface area (Å²) in [5.74, 6) is 1.09. The molecule has 7 heteroatoms. The SMILES string of the molecule is OCCCCCCSc1nnc(N2CCOCC2)s1. The van der Waals surface area contributed by atoms with E-state index in [1.165, 1.54) is 12.8 Å². The number of nitrogens with zero attached hydrogens (tertiary/aromatic N) is 3. The van der Waals surface area contributed by atoms with E-state index in [0.29, 0.717) is 6.61 Å². The van der Waals surface area contributed by atoms with Crippen molar-refractivity contribution in [1.29, 1.82) is 0 Å². The lowest BCUT2D eigenvalue weighted by molar-refractivity contribution is 0.122. The molecule has 0 unspecified atom stereocenters. The molecule has 1 fully saturated rings. The molecule has 1 aromatic rings. The maximum Gasteiger partial charge on any atom is 0.209 e. The van der Waals surface area contributed by atoms with E-state index in [1.54, 1.807) is 23.1 Å². The lowest BCUT2D eigenvalue weighted by Crippen LogP contribution is -2.36. The number of hydrogen-bond donors (Lipinski definition) is 1. The second-order valence-electron chi connectivity index (χ2n) is 4.44. The number of thioether (sulfide) groups is 1. The zero-order valence-electron chi connectivity index (χ0n) is 11.1. The largest absolute Gasteiger partial charge is 0.396 e. The highest BCUT2D eigenvalue weighted by molar-refractivity contribution is 8.01. The zero-order valence-corrected chi connectivity index (χ0v) is 12.7. The van der Waals surface area contributed by atoms with E-state index in [2.05, 4.69) is 15.1 Å². The van der Waals surface area contributed by atoms with Gasteiger partial charge in [-0.05, 0) is 12.8 Å². The third-order valence-electron chi connectivity index (χ3n) is 2.96. The molecular weight excluding hydrogens is 282 g/mol. The van der Waals surface area contributed by atoms with Crippen molar-refractivity contribution in [3.8, 4) is 0 Å². The molecule has 0 aromatic carbocycles. The van der Waals surface area contributed by atoms with Gasteiger partial charge in [0.2, 0.25) is 5.13 Å². The third-order valence-corrected chi connectivity index (χ3v) is 5.16. The Labute approximate surface area is 122 Å². The van der Waals surface area contributed by atoms with Gasteiger partial charge in [0, 0.05) is 25.4 Å². The number of hydrogen-bond acceptors (Lipinski definition) is 7. The summed E-state index contributed by atoms with van der Waals surface area (Å²) in [6.45, 7) is 3.72. The average Bonchev–Trinajstić information content (AvgIpc) is 2.92. The highest BCUT2D eigenvalue weighted by Crippen LogP contribution is 2.29. The molecule has 2 heterocycles. The van der Waals surface area contributed by atoms with Gasteiger partial charge in [-0.3, -0.25) is 0 Å². The van der Waals surface area contributed by atoms with Crippen molar-refractivity contribution in [2.24, 2.45) is 0 Å². The molecule has 1 aliphatic heterocycles. The number of morpholine rings is 1. The molecule has 0 saturated carbocycles. The Hall–Kier alpha value is -0.370. The molecule has 0 spiro atoms. The summed E-state index contributed by atoms with van der Waals surface area (Å²) in [5.41, 5.74) is 0. The van der Waals surface area contributed by atoms with Gasteiger partial charge in [0.15, 0.2) is 4.34 Å². The van der Waals surface area contributed by atoms with Crippen molar-refractivity contribution in [3.05, 3.63) is 0 Å². The van der Waals surface area contributed by atoms with Crippen LogP contribution in [0.3, 0.4) is 0 Å². The average molecular weight is 303 g/mol. The summed E-state index contributed by atoms with van der Waals surface area (Å²) in [6, 6.07) is 0. The molecule has 1 aliphatic rings. The molecule has 1 saturated heterocycles. The van der Waals surface area contributed by atoms with Gasteiger partial charge < -0.3 is 14.7 Å². The number of ether oxygens (including phenoxy) is 1. The first-order chi connectivity index (χ1) is 9.40. The number of unbranched alkanes of at least 4 members (excludes halogenated alkanes) is 3. The van der Waals surface area contributed by atoms with E-state index in [0.717, 1.165) is 54.4 Å². The predicted molar refractivity (Wildman–Crippen MR) is 79.2 cm³/mol. The maximum atomic E-state index is 8.69. The van der Waals surface area contributed by atoms with Crippen LogP contribution in [0.4, 0.5) is 5.13 Å². The molecule has 19 heavy (non-hydrogen) atoms. The summed E-state index contributed by atoms with van der Waals surface area (Å²) >= 11 is 3.47. The van der Waals surface area contributed by atoms with Crippen LogP contribution in [-0.2, 0) is 4.74 Å². The van der Waals surface area contributed by atoms with E-state index >= 15 is 0 Å². The molecule has 108 valence electrons. The smallest absolute Gasteiger partial charge is 0.209 e. The molecule has 0 atom stereocenters. The Balaban J connectivity index is 1.66. The Morgan fingerprint density at radius 1 is 1.16 bits per heavy atom. The van der Waals surface area contributed by atoms with Crippen molar-refractivity contribution in [3.63, 3.8) is 0 Å². The van der Waals surface area contributed by atoms with Crippen molar-refractivity contribution in [1.82, 2.24) is 10.2 Å². The van der Waals surface area contributed by atoms with Gasteiger partial charge in [0.1, 0.15) is 0 Å². The lowest BCUT2D eigenvalue weighted by Gasteiger charge is -2.25. The number of aromatic nitrogens is 2. The van der Waals surface area contributed by atoms with Crippen molar-refractivity contribution in [2.75, 3.05) is 43.6 Å². The van der Waals surface area contributed by atoms with E-state index in [9.17, 15) is 0 Å². The van der Waals surface area contributed by atoms with Gasteiger partial charge in [-0.25, -0.2) is 0 Å². The van der Waals surface area contributed by atoms with Crippen molar-refractivity contribution < 1.29 is 9.84 Å². The summed E-state index contributed by atoms with van der Waals surface area (Å²) < 4.78 is 6.39. The minimum absolute atomic E-state index is 0.312. The monoisotopic (exact) mass is 303 g/mol. The lowest BCUT2D eigenvalue weighted by atomic mass is 10.2. The number of aliphatic hydroxyl groups is 1. The normalized spacial score (nSPS) is 15.9. The molecule has 5 nitrogen and oxygen atoms in total. The van der Waals surface area contributed by atoms with Crippen LogP contribution in [-0.4, -0.2) is 54.0 Å². The van der Waals surface area contributed by atoms with Gasteiger partial charge in [0.25, 0.3) is 0 Å². The van der Waals surface area contributed by atoms with E-state index in [1.807, 2.05) is 0 Å². The molecule has 0 aliphatic carbocycles. The van der Waals surface area contributed by atoms with Crippen LogP contribution in [0.2, 0.25) is 0 Å². The first kappa shape index (κ1) is 15.0. The van der Waals surface area contributed by atoms with E-state index in [-0.39, 0.29) is 0 Å². The van der Waals surface area contributed by atoms with Crippen LogP contribution in [0.5, 0.6) is 0 Å². The number of rotatable bonds is 8. The highest BCUT2D eigenvalue weighted by atomic mass is 32.2. The van der Waals surface area contributed by atoms with Gasteiger partial charge in [-0.1, -0.05) is 35.9 Å². The molecular formula is C12H21N3O2S2. The molecule has 1 aromatic heterocycles. The number of aliphatic hydroxyl groups excluding tert-OH is 1. The maximum absolute atomic E-state index is 8.69. The predicted octanol–water partition coefficient (Wildman–Crippen LogP) is 2.02. The van der Waals surface area contributed by atoms with Gasteiger partial charge in [0.05, 0.1) is 13.2 Å². The fourth-order valence-electron chi connectivity index (χ4n) is 1.87. The van der Waals surface area contributed by atoms with Crippen LogP contribution >= 0.6 is 23.1 Å². The highest BCUT2D eigenvalue weighted by Gasteiger charge is 2.15. The zero-order chi connectivity index (χ0) is 13.3. The van der Waals surface area contributed by atoms with Gasteiger partial charge >= 0.3 is 0 Å². The summed E-state index contributed by atoms with van der Waals surface area (Å²) in [4.78, 5) is 2.24. The second kappa shape index (κ2) is 8.73. The quantitative estimate of drug-likeness (QED) is 0.586. The van der Waals surface area contributed by atoms with Crippen molar-refractivity contribution in [2.45, 2.75) is 30.0 Å². The minimum Gasteiger partial charge on any atom is -0.396 e. The second-order valence-corrected chi connectivity index (χ2v) is 6.73. The van der Waals surface area contributed by atoms with Crippen LogP contribution < -0.4 is 4.90 Å². The van der Waals surface area contributed by atoms with E-state index in [4.69, 9.17) is 9.84 Å². The Morgan fingerprint density at radius 2 is 1.95 bits per heavy atom. The fourth-order valence-corrected chi connectivity index (χ4v) is 3.83.